The van der Waals surface area contributed by atoms with Gasteiger partial charge >= 0.3 is 0 Å². The summed E-state index contributed by atoms with van der Waals surface area (Å²) in [4.78, 5) is 6.83. The molecule has 0 heterocycles. The summed E-state index contributed by atoms with van der Waals surface area (Å²) in [7, 11) is 2.13. The summed E-state index contributed by atoms with van der Waals surface area (Å²) in [6, 6.07) is 0. The molecule has 2 N–H and O–H groups in total. The van der Waals surface area contributed by atoms with E-state index in [1.165, 1.54) is 0 Å². The Balaban J connectivity index is 3.88. The molecule has 0 amide bonds. The number of likely N-dealkylation sites (N-methyl/N-ethyl adjacent to an activating group) is 1. The number of nitrogens with one attached hydrogen (secondary N) is 2. The molecule has 0 aromatic heterocycles. The molecule has 0 atom stereocenters. The third-order valence-electron chi connectivity index (χ3n) is 2.65. The second-order valence-corrected chi connectivity index (χ2v) is 4.77. The quantitative estimate of drug-likeness (QED) is 0.501. The van der Waals surface area contributed by atoms with Gasteiger partial charge in [0.25, 0.3) is 0 Å². The Morgan fingerprint density at radius 2 is 1.94 bits per heavy atom. The van der Waals surface area contributed by atoms with E-state index in [-0.39, 0.29) is 0 Å². The molecular weight excluding hydrogens is 212 g/mol. The van der Waals surface area contributed by atoms with Crippen molar-refractivity contribution in [2.24, 2.45) is 10.9 Å². The average molecular weight is 242 g/mol. The van der Waals surface area contributed by atoms with Crippen molar-refractivity contribution in [3.05, 3.63) is 0 Å². The van der Waals surface area contributed by atoms with Gasteiger partial charge in [0.1, 0.15) is 0 Å². The molecule has 0 saturated carbocycles. The number of guanidine groups is 1. The first-order valence-corrected chi connectivity index (χ1v) is 6.80. The average Bonchev–Trinajstić information content (AvgIpc) is 2.28. The van der Waals surface area contributed by atoms with E-state index in [1.807, 2.05) is 0 Å². The van der Waals surface area contributed by atoms with Gasteiger partial charge in [-0.25, -0.2) is 0 Å². The summed E-state index contributed by atoms with van der Waals surface area (Å²) in [5.41, 5.74) is 0. The molecule has 17 heavy (non-hydrogen) atoms. The first kappa shape index (κ1) is 16.2. The fourth-order valence-electron chi connectivity index (χ4n) is 1.30. The van der Waals surface area contributed by atoms with E-state index in [2.05, 4.69) is 55.3 Å². The minimum atomic E-state index is 0.716. The molecule has 0 saturated heterocycles. The molecule has 0 aliphatic rings. The highest BCUT2D eigenvalue weighted by molar-refractivity contribution is 5.79. The van der Waals surface area contributed by atoms with Crippen LogP contribution in [0.3, 0.4) is 0 Å². The standard InChI is InChI=1S/C13H30N4/c1-6-14-13(15-9-8-12(3)4)16-10-11-17(5)7-2/h12H,6-11H2,1-5H3,(H2,14,15,16). The SMILES string of the molecule is CCNC(=NCCC(C)C)NCCN(C)CC. The van der Waals surface area contributed by atoms with Crippen LogP contribution in [0.5, 0.6) is 0 Å². The fourth-order valence-corrected chi connectivity index (χ4v) is 1.30. The van der Waals surface area contributed by atoms with Gasteiger partial charge in [0.15, 0.2) is 5.96 Å². The first-order valence-electron chi connectivity index (χ1n) is 6.80. The van der Waals surface area contributed by atoms with E-state index in [1.54, 1.807) is 0 Å². The van der Waals surface area contributed by atoms with Crippen molar-refractivity contribution < 1.29 is 0 Å². The van der Waals surface area contributed by atoms with Crippen LogP contribution in [-0.2, 0) is 0 Å². The van der Waals surface area contributed by atoms with Gasteiger partial charge in [-0.05, 0) is 32.9 Å². The van der Waals surface area contributed by atoms with Crippen LogP contribution in [0.15, 0.2) is 4.99 Å². The van der Waals surface area contributed by atoms with Gasteiger partial charge in [0, 0.05) is 26.2 Å². The zero-order chi connectivity index (χ0) is 13.1. The highest BCUT2D eigenvalue weighted by Gasteiger charge is 1.99. The summed E-state index contributed by atoms with van der Waals surface area (Å²) in [6.45, 7) is 13.6. The van der Waals surface area contributed by atoms with E-state index in [0.717, 1.165) is 45.1 Å². The van der Waals surface area contributed by atoms with Crippen molar-refractivity contribution in [1.82, 2.24) is 15.5 Å². The molecule has 0 aromatic carbocycles. The van der Waals surface area contributed by atoms with E-state index in [4.69, 9.17) is 0 Å². The molecule has 4 heteroatoms. The van der Waals surface area contributed by atoms with Crippen molar-refractivity contribution >= 4 is 5.96 Å². The lowest BCUT2D eigenvalue weighted by atomic mass is 10.1. The van der Waals surface area contributed by atoms with Crippen molar-refractivity contribution in [3.8, 4) is 0 Å². The second kappa shape index (κ2) is 10.4. The Morgan fingerprint density at radius 3 is 2.47 bits per heavy atom. The molecule has 0 spiro atoms. The van der Waals surface area contributed by atoms with E-state index >= 15 is 0 Å². The van der Waals surface area contributed by atoms with Crippen LogP contribution in [0.2, 0.25) is 0 Å². The van der Waals surface area contributed by atoms with E-state index in [9.17, 15) is 0 Å². The monoisotopic (exact) mass is 242 g/mol. The topological polar surface area (TPSA) is 39.7 Å². The van der Waals surface area contributed by atoms with Crippen molar-refractivity contribution in [3.63, 3.8) is 0 Å². The number of nitrogens with zero attached hydrogens (tertiary/aromatic N) is 2. The number of rotatable bonds is 8. The summed E-state index contributed by atoms with van der Waals surface area (Å²) >= 11 is 0. The number of hydrogen-bond acceptors (Lipinski definition) is 2. The minimum Gasteiger partial charge on any atom is -0.357 e. The second-order valence-electron chi connectivity index (χ2n) is 4.77. The van der Waals surface area contributed by atoms with Gasteiger partial charge in [-0.2, -0.15) is 0 Å². The van der Waals surface area contributed by atoms with Crippen molar-refractivity contribution in [2.75, 3.05) is 39.8 Å². The van der Waals surface area contributed by atoms with Crippen LogP contribution in [0.1, 0.15) is 34.1 Å². The summed E-state index contributed by atoms with van der Waals surface area (Å²) < 4.78 is 0. The zero-order valence-electron chi connectivity index (χ0n) is 12.2. The van der Waals surface area contributed by atoms with Gasteiger partial charge in [-0.1, -0.05) is 20.8 Å². The molecule has 0 aliphatic carbocycles. The van der Waals surface area contributed by atoms with Gasteiger partial charge in [0.05, 0.1) is 0 Å². The number of aliphatic imine (C=N–C) groups is 1. The van der Waals surface area contributed by atoms with Crippen LogP contribution in [0.4, 0.5) is 0 Å². The van der Waals surface area contributed by atoms with E-state index in [0.29, 0.717) is 5.92 Å². The Morgan fingerprint density at radius 1 is 1.24 bits per heavy atom. The smallest absolute Gasteiger partial charge is 0.191 e. The summed E-state index contributed by atoms with van der Waals surface area (Å²) in [5.74, 6) is 1.66. The molecule has 0 unspecified atom stereocenters. The van der Waals surface area contributed by atoms with Gasteiger partial charge in [-0.3, -0.25) is 4.99 Å². The molecule has 0 bridgehead atoms. The highest BCUT2D eigenvalue weighted by Crippen LogP contribution is 1.98. The van der Waals surface area contributed by atoms with Crippen molar-refractivity contribution in [2.45, 2.75) is 34.1 Å². The third kappa shape index (κ3) is 10.1. The predicted octanol–water partition coefficient (Wildman–Crippen LogP) is 1.54. The maximum atomic E-state index is 4.55. The molecular formula is C13H30N4. The van der Waals surface area contributed by atoms with Crippen LogP contribution in [0.25, 0.3) is 0 Å². The van der Waals surface area contributed by atoms with Crippen LogP contribution >= 0.6 is 0 Å². The van der Waals surface area contributed by atoms with Crippen LogP contribution in [-0.4, -0.2) is 50.6 Å². The third-order valence-corrected chi connectivity index (χ3v) is 2.65. The van der Waals surface area contributed by atoms with Gasteiger partial charge < -0.3 is 15.5 Å². The molecule has 0 radical (unpaired) electrons. The van der Waals surface area contributed by atoms with Crippen molar-refractivity contribution in [1.29, 1.82) is 0 Å². The first-order chi connectivity index (χ1) is 8.10. The molecule has 0 rings (SSSR count). The van der Waals surface area contributed by atoms with Gasteiger partial charge in [0.2, 0.25) is 0 Å². The Kier molecular flexibility index (Phi) is 9.92. The lowest BCUT2D eigenvalue weighted by Crippen LogP contribution is -2.41. The molecule has 102 valence electrons. The molecule has 0 aromatic rings. The van der Waals surface area contributed by atoms with Gasteiger partial charge in [-0.15, -0.1) is 0 Å². The lowest BCUT2D eigenvalue weighted by molar-refractivity contribution is 0.357. The summed E-state index contributed by atoms with van der Waals surface area (Å²) in [6.07, 6.45) is 1.14. The normalized spacial score (nSPS) is 12.3. The lowest BCUT2D eigenvalue weighted by Gasteiger charge is -2.16. The Hall–Kier alpha value is -0.770. The fraction of sp³-hybridized carbons (Fsp3) is 0.923. The Labute approximate surface area is 107 Å². The predicted molar refractivity (Wildman–Crippen MR) is 76.6 cm³/mol. The highest BCUT2D eigenvalue weighted by atomic mass is 15.2. The largest absolute Gasteiger partial charge is 0.357 e. The maximum absolute atomic E-state index is 4.55. The molecule has 0 aliphatic heterocycles. The molecule has 0 fully saturated rings. The van der Waals surface area contributed by atoms with E-state index < -0.39 is 0 Å². The minimum absolute atomic E-state index is 0.716. The maximum Gasteiger partial charge on any atom is 0.191 e. The zero-order valence-corrected chi connectivity index (χ0v) is 12.2. The molecule has 4 nitrogen and oxygen atoms in total. The number of hydrogen-bond donors (Lipinski definition) is 2. The Bertz CT molecular complexity index is 202. The van der Waals surface area contributed by atoms with Crippen LogP contribution < -0.4 is 10.6 Å². The van der Waals surface area contributed by atoms with Crippen LogP contribution in [0, 0.1) is 5.92 Å². The summed E-state index contributed by atoms with van der Waals surface area (Å²) in [5, 5.41) is 6.63.